The molecule has 0 radical (unpaired) electrons. The van der Waals surface area contributed by atoms with Crippen LogP contribution in [-0.2, 0) is 5.41 Å². The molecule has 10 aromatic carbocycles. The fraction of sp³-hybridized carbons (Fsp3) is 0.0476. The Balaban J connectivity index is 0.995. The summed E-state index contributed by atoms with van der Waals surface area (Å²) in [6.07, 6.45) is 0. The Morgan fingerprint density at radius 2 is 0.742 bits per heavy atom. The van der Waals surface area contributed by atoms with Crippen LogP contribution >= 0.6 is 0 Å². The summed E-state index contributed by atoms with van der Waals surface area (Å²) < 4.78 is 2.44. The smallest absolute Gasteiger partial charge is 0.179 e. The topological polar surface area (TPSA) is 8.17 Å². The van der Waals surface area contributed by atoms with Gasteiger partial charge in [0.1, 0.15) is 0 Å². The minimum atomic E-state index is -2.71. The molecule has 0 fully saturated rings. The zero-order valence-electron chi connectivity index (χ0n) is 37.1. The summed E-state index contributed by atoms with van der Waals surface area (Å²) in [6.45, 7) is 4.79. The highest BCUT2D eigenvalue weighted by molar-refractivity contribution is 7.19. The molecule has 3 heteroatoms. The van der Waals surface area contributed by atoms with Crippen molar-refractivity contribution in [3.63, 3.8) is 0 Å². The van der Waals surface area contributed by atoms with Crippen LogP contribution in [0.2, 0.25) is 0 Å². The largest absolute Gasteiger partial charge is 0.310 e. The molecular formula is C63H48N2Si. The maximum absolute atomic E-state index is 2.71. The summed E-state index contributed by atoms with van der Waals surface area (Å²) in [5, 5.41) is 8.00. The van der Waals surface area contributed by atoms with Crippen LogP contribution in [0.5, 0.6) is 0 Å². The molecule has 11 aromatic rings. The van der Waals surface area contributed by atoms with Crippen LogP contribution in [0.3, 0.4) is 0 Å². The van der Waals surface area contributed by atoms with Gasteiger partial charge >= 0.3 is 0 Å². The number of rotatable bonds is 9. The van der Waals surface area contributed by atoms with Crippen LogP contribution in [-0.4, -0.2) is 12.6 Å². The summed E-state index contributed by atoms with van der Waals surface area (Å²) >= 11 is 0. The molecule has 0 amide bonds. The van der Waals surface area contributed by atoms with Crippen LogP contribution in [0.1, 0.15) is 25.0 Å². The van der Waals surface area contributed by atoms with Crippen molar-refractivity contribution in [1.82, 2.24) is 4.57 Å². The van der Waals surface area contributed by atoms with E-state index < -0.39 is 8.07 Å². The van der Waals surface area contributed by atoms with Crippen molar-refractivity contribution in [1.29, 1.82) is 0 Å². The van der Waals surface area contributed by atoms with E-state index in [2.05, 4.69) is 278 Å². The first kappa shape index (κ1) is 39.6. The molecule has 1 heterocycles. The minimum absolute atomic E-state index is 0.242. The van der Waals surface area contributed by atoms with Gasteiger partial charge in [-0.05, 0) is 115 Å². The van der Waals surface area contributed by atoms with Gasteiger partial charge in [0, 0.05) is 38.9 Å². The Kier molecular flexibility index (Phi) is 9.55. The van der Waals surface area contributed by atoms with Gasteiger partial charge in [0.25, 0.3) is 0 Å². The van der Waals surface area contributed by atoms with Crippen LogP contribution in [0, 0.1) is 0 Å². The molecule has 0 unspecified atom stereocenters. The van der Waals surface area contributed by atoms with Crippen LogP contribution < -0.4 is 25.6 Å². The molecule has 0 aliphatic heterocycles. The molecule has 1 aromatic heterocycles. The second-order valence-corrected chi connectivity index (χ2v) is 21.9. The maximum atomic E-state index is 2.45. The highest BCUT2D eigenvalue weighted by atomic mass is 28.3. The van der Waals surface area contributed by atoms with E-state index in [9.17, 15) is 0 Å². The van der Waals surface area contributed by atoms with E-state index in [1.807, 2.05) is 0 Å². The van der Waals surface area contributed by atoms with Gasteiger partial charge in [-0.15, -0.1) is 0 Å². The highest BCUT2D eigenvalue weighted by Gasteiger charge is 2.41. The van der Waals surface area contributed by atoms with E-state index in [-0.39, 0.29) is 5.41 Å². The van der Waals surface area contributed by atoms with Crippen molar-refractivity contribution in [2.24, 2.45) is 0 Å². The van der Waals surface area contributed by atoms with E-state index in [1.165, 1.54) is 81.6 Å². The lowest BCUT2D eigenvalue weighted by atomic mass is 9.82. The van der Waals surface area contributed by atoms with Gasteiger partial charge in [0.2, 0.25) is 0 Å². The average molecular weight is 861 g/mol. The third-order valence-electron chi connectivity index (χ3n) is 14.2. The van der Waals surface area contributed by atoms with E-state index in [4.69, 9.17) is 0 Å². The molecule has 1 aliphatic carbocycles. The fourth-order valence-electron chi connectivity index (χ4n) is 11.0. The third kappa shape index (κ3) is 6.30. The van der Waals surface area contributed by atoms with Gasteiger partial charge in [-0.2, -0.15) is 0 Å². The number of benzene rings is 10. The Bertz CT molecular complexity index is 3370. The van der Waals surface area contributed by atoms with E-state index >= 15 is 0 Å². The fourth-order valence-corrected chi connectivity index (χ4v) is 15.7. The lowest BCUT2D eigenvalue weighted by Crippen LogP contribution is -2.74. The van der Waals surface area contributed by atoms with Gasteiger partial charge < -0.3 is 9.47 Å². The zero-order valence-corrected chi connectivity index (χ0v) is 38.1. The molecule has 0 saturated carbocycles. The van der Waals surface area contributed by atoms with E-state index in [1.54, 1.807) is 0 Å². The summed E-state index contributed by atoms with van der Waals surface area (Å²) in [5.41, 5.74) is 14.5. The van der Waals surface area contributed by atoms with Crippen LogP contribution in [0.25, 0.3) is 49.7 Å². The minimum Gasteiger partial charge on any atom is -0.310 e. The van der Waals surface area contributed by atoms with Gasteiger partial charge in [-0.3, -0.25) is 0 Å². The second-order valence-electron chi connectivity index (χ2n) is 18.1. The molecule has 1 aliphatic rings. The van der Waals surface area contributed by atoms with Crippen molar-refractivity contribution in [2.45, 2.75) is 19.3 Å². The molecule has 0 atom stereocenters. The van der Waals surface area contributed by atoms with Gasteiger partial charge in [-0.1, -0.05) is 208 Å². The number of fused-ring (bicyclic) bond motifs is 6. The summed E-state index contributed by atoms with van der Waals surface area (Å²) in [7, 11) is -2.71. The average Bonchev–Trinajstić information content (AvgIpc) is 3.84. The van der Waals surface area contributed by atoms with Crippen molar-refractivity contribution < 1.29 is 0 Å². The Morgan fingerprint density at radius 3 is 1.27 bits per heavy atom. The molecule has 2 nitrogen and oxygen atoms in total. The number of hydrogen-bond donors (Lipinski definition) is 0. The Hall–Kier alpha value is -7.98. The van der Waals surface area contributed by atoms with Gasteiger partial charge in [0.05, 0.1) is 11.0 Å². The van der Waals surface area contributed by atoms with E-state index in [0.29, 0.717) is 0 Å². The maximum Gasteiger partial charge on any atom is 0.179 e. The first-order valence-electron chi connectivity index (χ1n) is 23.0. The molecule has 0 spiro atoms. The van der Waals surface area contributed by atoms with Gasteiger partial charge in [-0.25, -0.2) is 0 Å². The molecule has 0 saturated heterocycles. The standard InChI is InChI=1S/C63H48N2Si/c1-63(2)59-43-49(37-41-55(59)56-42-38-50(44-60(56)63)65-61-29-17-15-27-57(61)58-28-16-18-30-62(58)65)64(47-33-31-46(32-34-47)45-19-7-3-8-20-45)48-35-39-54(40-36-48)66(51-21-9-4-10-22-51,52-23-11-5-12-24-52)53-25-13-6-14-26-53/h3-44H,1-2H3. The first-order chi connectivity index (χ1) is 32.5. The molecule has 66 heavy (non-hydrogen) atoms. The number of nitrogens with zero attached hydrogens (tertiary/aromatic N) is 2. The van der Waals surface area contributed by atoms with Crippen molar-refractivity contribution in [3.05, 3.63) is 266 Å². The second kappa shape index (κ2) is 15.9. The normalized spacial score (nSPS) is 12.8. The first-order valence-corrected chi connectivity index (χ1v) is 25.0. The number of hydrogen-bond acceptors (Lipinski definition) is 1. The van der Waals surface area contributed by atoms with Gasteiger partial charge in [0.15, 0.2) is 8.07 Å². The Labute approximate surface area is 388 Å². The summed E-state index contributed by atoms with van der Waals surface area (Å²) in [5.74, 6) is 0. The SMILES string of the molecule is CC1(C)c2cc(N(c3ccc(-c4ccccc4)cc3)c3ccc([Si](c4ccccc4)(c4ccccc4)c4ccccc4)cc3)ccc2-c2ccc(-n3c4ccccc4c4ccccc43)cc21. The molecule has 314 valence electrons. The monoisotopic (exact) mass is 860 g/mol. The summed E-state index contributed by atoms with van der Waals surface area (Å²) in [6, 6.07) is 94.5. The van der Waals surface area contributed by atoms with Crippen molar-refractivity contribution >= 4 is 67.7 Å². The van der Waals surface area contributed by atoms with Crippen LogP contribution in [0.4, 0.5) is 17.1 Å². The Morgan fingerprint density at radius 1 is 0.348 bits per heavy atom. The number of anilines is 3. The lowest BCUT2D eigenvalue weighted by molar-refractivity contribution is 0.660. The highest BCUT2D eigenvalue weighted by Crippen LogP contribution is 2.51. The summed E-state index contributed by atoms with van der Waals surface area (Å²) in [4.78, 5) is 2.44. The zero-order chi connectivity index (χ0) is 44.2. The van der Waals surface area contributed by atoms with Crippen LogP contribution in [0.15, 0.2) is 255 Å². The predicted molar refractivity (Wildman–Crippen MR) is 282 cm³/mol. The van der Waals surface area contributed by atoms with Crippen molar-refractivity contribution in [3.8, 4) is 27.9 Å². The lowest BCUT2D eigenvalue weighted by Gasteiger charge is -2.35. The van der Waals surface area contributed by atoms with Crippen molar-refractivity contribution in [2.75, 3.05) is 4.90 Å². The third-order valence-corrected chi connectivity index (χ3v) is 18.9. The van der Waals surface area contributed by atoms with E-state index in [0.717, 1.165) is 17.1 Å². The predicted octanol–water partition coefficient (Wildman–Crippen LogP) is 13.6. The molecular weight excluding hydrogens is 813 g/mol. The molecule has 12 rings (SSSR count). The number of para-hydroxylation sites is 2. The molecule has 0 N–H and O–H groups in total. The quantitative estimate of drug-likeness (QED) is 0.104. The number of aromatic nitrogens is 1. The molecule has 0 bridgehead atoms.